The summed E-state index contributed by atoms with van der Waals surface area (Å²) in [6, 6.07) is 0.522. The van der Waals surface area contributed by atoms with Gasteiger partial charge >= 0.3 is 0 Å². The molecule has 0 spiro atoms. The van der Waals surface area contributed by atoms with E-state index < -0.39 is 10.0 Å². The first-order valence-corrected chi connectivity index (χ1v) is 8.88. The molecule has 4 nitrogen and oxygen atoms in total. The Morgan fingerprint density at radius 1 is 1.39 bits per heavy atom. The molecule has 2 aliphatic heterocycles. The van der Waals surface area contributed by atoms with E-state index in [4.69, 9.17) is 11.6 Å². The maximum atomic E-state index is 12.4. The topological polar surface area (TPSA) is 40.6 Å². The van der Waals surface area contributed by atoms with Crippen molar-refractivity contribution in [3.63, 3.8) is 0 Å². The molecule has 2 rings (SSSR count). The molecule has 0 aromatic rings. The highest BCUT2D eigenvalue weighted by Crippen LogP contribution is 2.27. The van der Waals surface area contributed by atoms with E-state index in [0.717, 1.165) is 19.5 Å². The van der Waals surface area contributed by atoms with Gasteiger partial charge in [-0.1, -0.05) is 6.92 Å². The third kappa shape index (κ3) is 3.00. The summed E-state index contributed by atoms with van der Waals surface area (Å²) in [5.74, 6) is 0.593. The Labute approximate surface area is 115 Å². The van der Waals surface area contributed by atoms with Crippen LogP contribution >= 0.6 is 11.6 Å². The van der Waals surface area contributed by atoms with Crippen LogP contribution in [0, 0.1) is 5.92 Å². The summed E-state index contributed by atoms with van der Waals surface area (Å²) in [5.41, 5.74) is 0. The van der Waals surface area contributed by atoms with Crippen LogP contribution in [0.4, 0.5) is 0 Å². The van der Waals surface area contributed by atoms with Crippen molar-refractivity contribution in [2.45, 2.75) is 38.8 Å². The van der Waals surface area contributed by atoms with E-state index in [1.54, 1.807) is 4.31 Å². The molecular weight excluding hydrogens is 272 g/mol. The zero-order valence-electron chi connectivity index (χ0n) is 11.2. The maximum Gasteiger partial charge on any atom is 0.214 e. The Morgan fingerprint density at radius 3 is 2.78 bits per heavy atom. The van der Waals surface area contributed by atoms with Gasteiger partial charge in [-0.15, -0.1) is 11.6 Å². The van der Waals surface area contributed by atoms with Crippen LogP contribution in [0.25, 0.3) is 0 Å². The second kappa shape index (κ2) is 5.65. The number of hydrogen-bond donors (Lipinski definition) is 0. The second-order valence-electron chi connectivity index (χ2n) is 5.75. The smallest absolute Gasteiger partial charge is 0.214 e. The predicted octanol–water partition coefficient (Wildman–Crippen LogP) is 1.36. The largest absolute Gasteiger partial charge is 0.297 e. The van der Waals surface area contributed by atoms with Crippen molar-refractivity contribution in [1.82, 2.24) is 9.21 Å². The van der Waals surface area contributed by atoms with Gasteiger partial charge < -0.3 is 0 Å². The van der Waals surface area contributed by atoms with Crippen molar-refractivity contribution in [3.8, 4) is 0 Å². The Morgan fingerprint density at radius 2 is 2.11 bits per heavy atom. The summed E-state index contributed by atoms with van der Waals surface area (Å²) < 4.78 is 26.5. The first-order valence-electron chi connectivity index (χ1n) is 6.73. The molecule has 3 atom stereocenters. The van der Waals surface area contributed by atoms with Gasteiger partial charge in [-0.3, -0.25) is 4.90 Å². The van der Waals surface area contributed by atoms with Crippen molar-refractivity contribution in [2.24, 2.45) is 5.92 Å². The van der Waals surface area contributed by atoms with Gasteiger partial charge in [0.15, 0.2) is 0 Å². The molecule has 2 heterocycles. The number of fused-ring (bicyclic) bond motifs is 1. The normalized spacial score (nSPS) is 32.4. The third-order valence-corrected chi connectivity index (χ3v) is 6.74. The molecule has 0 amide bonds. The molecule has 0 aliphatic carbocycles. The van der Waals surface area contributed by atoms with Crippen molar-refractivity contribution < 1.29 is 8.42 Å². The van der Waals surface area contributed by atoms with Crippen molar-refractivity contribution in [1.29, 1.82) is 0 Å². The summed E-state index contributed by atoms with van der Waals surface area (Å²) in [5, 5.41) is 0. The fourth-order valence-electron chi connectivity index (χ4n) is 3.05. The number of nitrogens with zero attached hydrogens (tertiary/aromatic N) is 2. The fraction of sp³-hybridized carbons (Fsp3) is 1.00. The number of piperazine rings is 1. The van der Waals surface area contributed by atoms with E-state index in [1.165, 1.54) is 6.42 Å². The molecule has 2 fully saturated rings. The molecule has 106 valence electrons. The van der Waals surface area contributed by atoms with Crippen molar-refractivity contribution in [3.05, 3.63) is 0 Å². The van der Waals surface area contributed by atoms with Gasteiger partial charge in [0.25, 0.3) is 0 Å². The standard InChI is InChI=1S/C12H23ClN2O2S/c1-10(6-13)9-18(16,17)15-8-12-4-3-5-14(12)7-11(15)2/h10-12H,3-9H2,1-2H3. The van der Waals surface area contributed by atoms with Crippen LogP contribution < -0.4 is 0 Å². The van der Waals surface area contributed by atoms with Gasteiger partial charge in [-0.05, 0) is 32.2 Å². The van der Waals surface area contributed by atoms with E-state index in [2.05, 4.69) is 4.90 Å². The van der Waals surface area contributed by atoms with E-state index in [1.807, 2.05) is 13.8 Å². The Kier molecular flexibility index (Phi) is 4.57. The average molecular weight is 295 g/mol. The molecule has 0 radical (unpaired) electrons. The van der Waals surface area contributed by atoms with Gasteiger partial charge in [0.05, 0.1) is 5.75 Å². The zero-order chi connectivity index (χ0) is 13.3. The molecule has 0 aromatic heterocycles. The predicted molar refractivity (Wildman–Crippen MR) is 74.4 cm³/mol. The van der Waals surface area contributed by atoms with E-state index >= 15 is 0 Å². The van der Waals surface area contributed by atoms with Crippen LogP contribution in [0.15, 0.2) is 0 Å². The minimum Gasteiger partial charge on any atom is -0.297 e. The van der Waals surface area contributed by atoms with Crippen LogP contribution in [0.1, 0.15) is 26.7 Å². The molecule has 3 unspecified atom stereocenters. The van der Waals surface area contributed by atoms with Crippen LogP contribution in [0.5, 0.6) is 0 Å². The lowest BCUT2D eigenvalue weighted by molar-refractivity contribution is 0.117. The minimum atomic E-state index is -3.16. The van der Waals surface area contributed by atoms with Gasteiger partial charge in [-0.2, -0.15) is 4.31 Å². The quantitative estimate of drug-likeness (QED) is 0.735. The Balaban J connectivity index is 2.07. The van der Waals surface area contributed by atoms with Gasteiger partial charge in [0, 0.05) is 31.1 Å². The van der Waals surface area contributed by atoms with E-state index in [9.17, 15) is 8.42 Å². The van der Waals surface area contributed by atoms with Gasteiger partial charge in [0.2, 0.25) is 10.0 Å². The first-order chi connectivity index (χ1) is 8.44. The first kappa shape index (κ1) is 14.6. The average Bonchev–Trinajstić information content (AvgIpc) is 2.74. The summed E-state index contributed by atoms with van der Waals surface area (Å²) in [6.07, 6.45) is 2.33. The molecule has 6 heteroatoms. The molecule has 2 saturated heterocycles. The number of hydrogen-bond acceptors (Lipinski definition) is 3. The fourth-order valence-corrected chi connectivity index (χ4v) is 5.33. The monoisotopic (exact) mass is 294 g/mol. The summed E-state index contributed by atoms with van der Waals surface area (Å²) >= 11 is 5.73. The molecule has 0 aromatic carbocycles. The van der Waals surface area contributed by atoms with Gasteiger partial charge in [-0.25, -0.2) is 8.42 Å². The zero-order valence-corrected chi connectivity index (χ0v) is 12.8. The van der Waals surface area contributed by atoms with Crippen molar-refractivity contribution in [2.75, 3.05) is 31.3 Å². The van der Waals surface area contributed by atoms with Crippen LogP contribution in [0.3, 0.4) is 0 Å². The maximum absolute atomic E-state index is 12.4. The summed E-state index contributed by atoms with van der Waals surface area (Å²) in [7, 11) is -3.16. The number of halogens is 1. The summed E-state index contributed by atoms with van der Waals surface area (Å²) in [4.78, 5) is 2.43. The van der Waals surface area contributed by atoms with Crippen molar-refractivity contribution >= 4 is 21.6 Å². The highest BCUT2D eigenvalue weighted by atomic mass is 35.5. The number of sulfonamides is 1. The number of rotatable bonds is 4. The molecule has 2 aliphatic rings. The summed E-state index contributed by atoms with van der Waals surface area (Å²) in [6.45, 7) is 6.57. The molecule has 0 N–H and O–H groups in total. The lowest BCUT2D eigenvalue weighted by Gasteiger charge is -2.41. The van der Waals surface area contributed by atoms with E-state index in [-0.39, 0.29) is 17.7 Å². The highest BCUT2D eigenvalue weighted by Gasteiger charge is 2.39. The second-order valence-corrected chi connectivity index (χ2v) is 8.02. The molecule has 0 saturated carbocycles. The lowest BCUT2D eigenvalue weighted by Crippen LogP contribution is -2.57. The van der Waals surface area contributed by atoms with Gasteiger partial charge in [0.1, 0.15) is 0 Å². The molecular formula is C12H23ClN2O2S. The molecule has 0 bridgehead atoms. The Bertz CT molecular complexity index is 388. The van der Waals surface area contributed by atoms with Crippen LogP contribution in [-0.4, -0.2) is 61.0 Å². The highest BCUT2D eigenvalue weighted by molar-refractivity contribution is 7.89. The van der Waals surface area contributed by atoms with Crippen LogP contribution in [0.2, 0.25) is 0 Å². The lowest BCUT2D eigenvalue weighted by atomic mass is 10.1. The van der Waals surface area contributed by atoms with E-state index in [0.29, 0.717) is 18.5 Å². The third-order valence-electron chi connectivity index (χ3n) is 4.00. The SMILES string of the molecule is CC(CCl)CS(=O)(=O)N1CC2CCCN2CC1C. The number of alkyl halides is 1. The van der Waals surface area contributed by atoms with Crippen LogP contribution in [-0.2, 0) is 10.0 Å². The Hall–Kier alpha value is 0.160. The minimum absolute atomic E-state index is 0.0190. The molecule has 18 heavy (non-hydrogen) atoms.